The predicted octanol–water partition coefficient (Wildman–Crippen LogP) is 1.49. The average molecular weight is 203 g/mol. The van der Waals surface area contributed by atoms with Gasteiger partial charge >= 0.3 is 0 Å². The van der Waals surface area contributed by atoms with Crippen LogP contribution in [0.5, 0.6) is 0 Å². The number of thioether (sulfide) groups is 1. The third-order valence-electron chi connectivity index (χ3n) is 2.72. The Labute approximate surface area is 85.5 Å². The van der Waals surface area contributed by atoms with Crippen LogP contribution >= 0.6 is 11.8 Å². The minimum absolute atomic E-state index is 0.0223. The lowest BCUT2D eigenvalue weighted by molar-refractivity contribution is 0.157. The quantitative estimate of drug-likeness (QED) is 0.686. The van der Waals surface area contributed by atoms with Gasteiger partial charge in [0.1, 0.15) is 0 Å². The zero-order chi connectivity index (χ0) is 9.95. The van der Waals surface area contributed by atoms with Crippen LogP contribution < -0.4 is 5.32 Å². The van der Waals surface area contributed by atoms with Gasteiger partial charge in [-0.1, -0.05) is 13.8 Å². The molecule has 0 aromatic carbocycles. The maximum absolute atomic E-state index is 9.05. The van der Waals surface area contributed by atoms with Crippen LogP contribution in [0.4, 0.5) is 0 Å². The van der Waals surface area contributed by atoms with Crippen molar-refractivity contribution in [1.29, 1.82) is 0 Å². The summed E-state index contributed by atoms with van der Waals surface area (Å²) in [6.45, 7) is 6.42. The summed E-state index contributed by atoms with van der Waals surface area (Å²) in [7, 11) is 0. The molecule has 0 spiro atoms. The molecule has 2 nitrogen and oxygen atoms in total. The Bertz CT molecular complexity index is 160. The Hall–Kier alpha value is 0.270. The predicted molar refractivity (Wildman–Crippen MR) is 59.2 cm³/mol. The first-order valence-electron chi connectivity index (χ1n) is 4.90. The van der Waals surface area contributed by atoms with Crippen molar-refractivity contribution in [2.24, 2.45) is 5.41 Å². The summed E-state index contributed by atoms with van der Waals surface area (Å²) in [4.78, 5) is 0. The summed E-state index contributed by atoms with van der Waals surface area (Å²) in [6, 6.07) is 0. The van der Waals surface area contributed by atoms with Gasteiger partial charge in [0.15, 0.2) is 0 Å². The van der Waals surface area contributed by atoms with Gasteiger partial charge in [0.2, 0.25) is 0 Å². The monoisotopic (exact) mass is 203 g/mol. The third-order valence-corrected chi connectivity index (χ3v) is 4.14. The first-order valence-corrected chi connectivity index (χ1v) is 6.13. The number of hydrogen-bond acceptors (Lipinski definition) is 3. The summed E-state index contributed by atoms with van der Waals surface area (Å²) in [5.74, 6) is 0. The molecule has 1 rings (SSSR count). The molecule has 13 heavy (non-hydrogen) atoms. The van der Waals surface area contributed by atoms with E-state index < -0.39 is 0 Å². The second-order valence-electron chi connectivity index (χ2n) is 4.81. The maximum atomic E-state index is 9.05. The van der Waals surface area contributed by atoms with Gasteiger partial charge in [-0.15, -0.1) is 0 Å². The fraction of sp³-hybridized carbons (Fsp3) is 1.00. The zero-order valence-electron chi connectivity index (χ0n) is 8.89. The number of aliphatic hydroxyl groups excluding tert-OH is 1. The second kappa shape index (κ2) is 4.20. The molecule has 2 N–H and O–H groups in total. The Morgan fingerprint density at radius 2 is 2.08 bits per heavy atom. The Morgan fingerprint density at radius 3 is 2.46 bits per heavy atom. The van der Waals surface area contributed by atoms with E-state index in [4.69, 9.17) is 5.11 Å². The lowest BCUT2D eigenvalue weighted by atomic mass is 9.95. The minimum atomic E-state index is 0.0223. The Kier molecular flexibility index (Phi) is 3.66. The molecule has 0 unspecified atom stereocenters. The van der Waals surface area contributed by atoms with E-state index in [2.05, 4.69) is 25.4 Å². The van der Waals surface area contributed by atoms with Gasteiger partial charge < -0.3 is 10.4 Å². The van der Waals surface area contributed by atoms with Gasteiger partial charge in [0.25, 0.3) is 0 Å². The van der Waals surface area contributed by atoms with Gasteiger partial charge in [-0.2, -0.15) is 11.8 Å². The van der Waals surface area contributed by atoms with Crippen molar-refractivity contribution in [1.82, 2.24) is 5.32 Å². The summed E-state index contributed by atoms with van der Waals surface area (Å²) >= 11 is 1.97. The van der Waals surface area contributed by atoms with Crippen LogP contribution in [0.25, 0.3) is 0 Å². The van der Waals surface area contributed by atoms with Crippen LogP contribution in [-0.4, -0.2) is 35.8 Å². The second-order valence-corrected chi connectivity index (χ2v) is 6.09. The van der Waals surface area contributed by atoms with E-state index in [0.717, 1.165) is 13.1 Å². The van der Waals surface area contributed by atoms with Crippen LogP contribution in [-0.2, 0) is 0 Å². The van der Waals surface area contributed by atoms with E-state index in [0.29, 0.717) is 4.75 Å². The normalized spacial score (nSPS) is 20.3. The lowest BCUT2D eigenvalue weighted by Crippen LogP contribution is -2.36. The molecule has 1 aliphatic rings. The van der Waals surface area contributed by atoms with Crippen LogP contribution in [0, 0.1) is 5.41 Å². The van der Waals surface area contributed by atoms with Gasteiger partial charge in [-0.3, -0.25) is 0 Å². The molecule has 0 saturated heterocycles. The fourth-order valence-corrected chi connectivity index (χ4v) is 2.03. The fourth-order valence-electron chi connectivity index (χ4n) is 1.28. The van der Waals surface area contributed by atoms with Crippen LogP contribution in [0.1, 0.15) is 26.7 Å². The highest BCUT2D eigenvalue weighted by Crippen LogP contribution is 2.46. The highest BCUT2D eigenvalue weighted by Gasteiger charge is 2.41. The van der Waals surface area contributed by atoms with E-state index in [1.54, 1.807) is 0 Å². The van der Waals surface area contributed by atoms with Crippen LogP contribution in [0.2, 0.25) is 0 Å². The maximum Gasteiger partial charge on any atom is 0.0494 e. The molecule has 1 fully saturated rings. The van der Waals surface area contributed by atoms with Crippen LogP contribution in [0.15, 0.2) is 0 Å². The number of hydrogen-bond donors (Lipinski definition) is 2. The smallest absolute Gasteiger partial charge is 0.0494 e. The van der Waals surface area contributed by atoms with Gasteiger partial charge in [0, 0.05) is 29.9 Å². The van der Waals surface area contributed by atoms with Crippen molar-refractivity contribution in [2.45, 2.75) is 31.4 Å². The lowest BCUT2D eigenvalue weighted by Gasteiger charge is -2.23. The topological polar surface area (TPSA) is 32.3 Å². The first-order chi connectivity index (χ1) is 6.04. The number of rotatable bonds is 6. The summed E-state index contributed by atoms with van der Waals surface area (Å²) in [6.07, 6.45) is 4.88. The molecule has 0 heterocycles. The molecule has 78 valence electrons. The van der Waals surface area contributed by atoms with E-state index in [1.807, 2.05) is 11.8 Å². The van der Waals surface area contributed by atoms with Crippen molar-refractivity contribution in [3.8, 4) is 0 Å². The van der Waals surface area contributed by atoms with Crippen molar-refractivity contribution in [3.63, 3.8) is 0 Å². The summed E-state index contributed by atoms with van der Waals surface area (Å²) in [5.41, 5.74) is 0.0223. The average Bonchev–Trinajstić information content (AvgIpc) is 2.85. The van der Waals surface area contributed by atoms with Gasteiger partial charge in [-0.05, 0) is 19.1 Å². The summed E-state index contributed by atoms with van der Waals surface area (Å²) in [5, 5.41) is 12.5. The van der Waals surface area contributed by atoms with Crippen molar-refractivity contribution >= 4 is 11.8 Å². The molecule has 1 saturated carbocycles. The molecule has 0 amide bonds. The van der Waals surface area contributed by atoms with E-state index in [1.165, 1.54) is 12.8 Å². The molecule has 0 aromatic rings. The molecule has 0 aliphatic heterocycles. The van der Waals surface area contributed by atoms with Gasteiger partial charge in [0.05, 0.1) is 0 Å². The highest BCUT2D eigenvalue weighted by atomic mass is 32.2. The first kappa shape index (κ1) is 11.3. The Morgan fingerprint density at radius 1 is 1.46 bits per heavy atom. The molecule has 0 atom stereocenters. The van der Waals surface area contributed by atoms with Crippen molar-refractivity contribution in [3.05, 3.63) is 0 Å². The highest BCUT2D eigenvalue weighted by molar-refractivity contribution is 8.00. The SMILES string of the molecule is CSC1(CNCC(C)(C)CO)CC1. The third kappa shape index (κ3) is 3.49. The largest absolute Gasteiger partial charge is 0.396 e. The van der Waals surface area contributed by atoms with E-state index >= 15 is 0 Å². The standard InChI is InChI=1S/C10H21NOS/c1-9(2,8-12)6-11-7-10(13-3)4-5-10/h11-12H,4-8H2,1-3H3. The molecule has 0 bridgehead atoms. The molecule has 0 radical (unpaired) electrons. The molecular weight excluding hydrogens is 182 g/mol. The van der Waals surface area contributed by atoms with E-state index in [-0.39, 0.29) is 12.0 Å². The van der Waals surface area contributed by atoms with E-state index in [9.17, 15) is 0 Å². The summed E-state index contributed by atoms with van der Waals surface area (Å²) < 4.78 is 0.533. The van der Waals surface area contributed by atoms with Gasteiger partial charge in [-0.25, -0.2) is 0 Å². The minimum Gasteiger partial charge on any atom is -0.396 e. The molecular formula is C10H21NOS. The molecule has 1 aliphatic carbocycles. The molecule has 0 aromatic heterocycles. The van der Waals surface area contributed by atoms with Crippen molar-refractivity contribution in [2.75, 3.05) is 26.0 Å². The zero-order valence-corrected chi connectivity index (χ0v) is 9.71. The Balaban J connectivity index is 2.14. The molecule has 3 heteroatoms. The van der Waals surface area contributed by atoms with Crippen LogP contribution in [0.3, 0.4) is 0 Å². The van der Waals surface area contributed by atoms with Crippen molar-refractivity contribution < 1.29 is 5.11 Å². The number of nitrogens with one attached hydrogen (secondary N) is 1. The number of aliphatic hydroxyl groups is 1.